The molecule has 0 fully saturated rings. The Morgan fingerprint density at radius 2 is 2.00 bits per heavy atom. The van der Waals surface area contributed by atoms with E-state index in [-0.39, 0.29) is 6.10 Å². The number of hydrogen-bond donors (Lipinski definition) is 2. The van der Waals surface area contributed by atoms with Crippen molar-refractivity contribution in [3.63, 3.8) is 0 Å². The van der Waals surface area contributed by atoms with Crippen LogP contribution in [0.3, 0.4) is 0 Å². The lowest BCUT2D eigenvalue weighted by atomic mass is 10.3. The zero-order valence-corrected chi connectivity index (χ0v) is 11.5. The van der Waals surface area contributed by atoms with Gasteiger partial charge in [0.25, 0.3) is 0 Å². The molecule has 0 bridgehead atoms. The quantitative estimate of drug-likeness (QED) is 0.661. The fraction of sp³-hybridized carbons (Fsp3) is 0.571. The van der Waals surface area contributed by atoms with Crippen LogP contribution >= 0.6 is 0 Å². The highest BCUT2D eigenvalue weighted by molar-refractivity contribution is 5.48. The summed E-state index contributed by atoms with van der Waals surface area (Å²) in [5.41, 5.74) is 1.08. The fourth-order valence-electron chi connectivity index (χ4n) is 1.55. The lowest BCUT2D eigenvalue weighted by molar-refractivity contribution is 0.200. The van der Waals surface area contributed by atoms with Crippen molar-refractivity contribution in [1.82, 2.24) is 5.32 Å². The predicted molar refractivity (Wildman–Crippen MR) is 75.4 cm³/mol. The van der Waals surface area contributed by atoms with Crippen LogP contribution in [0, 0.1) is 0 Å². The van der Waals surface area contributed by atoms with E-state index in [1.165, 1.54) is 0 Å². The Morgan fingerprint density at radius 3 is 2.72 bits per heavy atom. The van der Waals surface area contributed by atoms with Gasteiger partial charge in [-0.15, -0.1) is 0 Å². The first-order valence-corrected chi connectivity index (χ1v) is 6.42. The minimum Gasteiger partial charge on any atom is -0.491 e. The fourth-order valence-corrected chi connectivity index (χ4v) is 1.55. The lowest BCUT2D eigenvalue weighted by Crippen LogP contribution is -2.25. The number of methoxy groups -OCH3 is 1. The summed E-state index contributed by atoms with van der Waals surface area (Å²) >= 11 is 0. The third-order valence-corrected chi connectivity index (χ3v) is 2.32. The molecule has 0 saturated heterocycles. The molecule has 4 nitrogen and oxygen atoms in total. The SMILES string of the molecule is COCCNCCNc1cccc(OC(C)C)c1. The monoisotopic (exact) mass is 252 g/mol. The molecular formula is C14H24N2O2. The number of rotatable bonds is 9. The summed E-state index contributed by atoms with van der Waals surface area (Å²) in [6.45, 7) is 7.49. The molecule has 2 N–H and O–H groups in total. The van der Waals surface area contributed by atoms with Crippen molar-refractivity contribution in [2.75, 3.05) is 38.7 Å². The number of anilines is 1. The van der Waals surface area contributed by atoms with Gasteiger partial charge in [0.15, 0.2) is 0 Å². The Kier molecular flexibility index (Phi) is 7.22. The highest BCUT2D eigenvalue weighted by atomic mass is 16.5. The maximum atomic E-state index is 5.64. The van der Waals surface area contributed by atoms with Gasteiger partial charge in [0.2, 0.25) is 0 Å². The van der Waals surface area contributed by atoms with Gasteiger partial charge in [-0.1, -0.05) is 6.07 Å². The van der Waals surface area contributed by atoms with Crippen molar-refractivity contribution in [1.29, 1.82) is 0 Å². The van der Waals surface area contributed by atoms with E-state index in [9.17, 15) is 0 Å². The van der Waals surface area contributed by atoms with Crippen molar-refractivity contribution >= 4 is 5.69 Å². The zero-order valence-electron chi connectivity index (χ0n) is 11.5. The van der Waals surface area contributed by atoms with Gasteiger partial charge >= 0.3 is 0 Å². The van der Waals surface area contributed by atoms with E-state index < -0.39 is 0 Å². The van der Waals surface area contributed by atoms with Crippen molar-refractivity contribution in [3.8, 4) is 5.75 Å². The van der Waals surface area contributed by atoms with Crippen LogP contribution in [0.2, 0.25) is 0 Å². The molecule has 18 heavy (non-hydrogen) atoms. The summed E-state index contributed by atoms with van der Waals surface area (Å²) in [5, 5.41) is 6.64. The van der Waals surface area contributed by atoms with Crippen molar-refractivity contribution in [2.45, 2.75) is 20.0 Å². The van der Waals surface area contributed by atoms with Gasteiger partial charge in [0.05, 0.1) is 12.7 Å². The Morgan fingerprint density at radius 1 is 1.17 bits per heavy atom. The molecule has 0 heterocycles. The minimum atomic E-state index is 0.205. The van der Waals surface area contributed by atoms with Crippen molar-refractivity contribution in [3.05, 3.63) is 24.3 Å². The molecule has 0 aliphatic carbocycles. The van der Waals surface area contributed by atoms with E-state index in [4.69, 9.17) is 9.47 Å². The molecule has 1 rings (SSSR count). The topological polar surface area (TPSA) is 42.5 Å². The lowest BCUT2D eigenvalue weighted by Gasteiger charge is -2.12. The summed E-state index contributed by atoms with van der Waals surface area (Å²) in [6, 6.07) is 8.04. The van der Waals surface area contributed by atoms with E-state index in [0.717, 1.165) is 37.7 Å². The smallest absolute Gasteiger partial charge is 0.121 e. The van der Waals surface area contributed by atoms with E-state index in [1.807, 2.05) is 38.1 Å². The van der Waals surface area contributed by atoms with E-state index in [0.29, 0.717) is 0 Å². The largest absolute Gasteiger partial charge is 0.491 e. The second kappa shape index (κ2) is 8.78. The summed E-state index contributed by atoms with van der Waals surface area (Å²) in [7, 11) is 1.71. The maximum absolute atomic E-state index is 5.64. The first kappa shape index (κ1) is 14.8. The van der Waals surface area contributed by atoms with E-state index in [1.54, 1.807) is 7.11 Å². The molecule has 0 aromatic heterocycles. The average molecular weight is 252 g/mol. The molecule has 0 spiro atoms. The maximum Gasteiger partial charge on any atom is 0.121 e. The van der Waals surface area contributed by atoms with Gasteiger partial charge in [-0.3, -0.25) is 0 Å². The minimum absolute atomic E-state index is 0.205. The first-order valence-electron chi connectivity index (χ1n) is 6.42. The third kappa shape index (κ3) is 6.47. The molecule has 0 unspecified atom stereocenters. The molecule has 102 valence electrons. The van der Waals surface area contributed by atoms with Crippen LogP contribution in [0.1, 0.15) is 13.8 Å². The first-order chi connectivity index (χ1) is 8.72. The van der Waals surface area contributed by atoms with Crippen LogP contribution in [0.25, 0.3) is 0 Å². The summed E-state index contributed by atoms with van der Waals surface area (Å²) in [6.07, 6.45) is 0.205. The molecule has 0 atom stereocenters. The Bertz CT molecular complexity index is 329. The summed E-state index contributed by atoms with van der Waals surface area (Å²) in [5.74, 6) is 0.905. The van der Waals surface area contributed by atoms with Crippen molar-refractivity contribution < 1.29 is 9.47 Å². The predicted octanol–water partition coefficient (Wildman–Crippen LogP) is 2.12. The van der Waals surface area contributed by atoms with Crippen LogP contribution in [0.5, 0.6) is 5.75 Å². The second-order valence-corrected chi connectivity index (χ2v) is 4.36. The number of ether oxygens (including phenoxy) is 2. The number of benzene rings is 1. The molecule has 4 heteroatoms. The molecule has 1 aromatic rings. The summed E-state index contributed by atoms with van der Waals surface area (Å²) < 4.78 is 10.6. The van der Waals surface area contributed by atoms with Gasteiger partial charge in [-0.2, -0.15) is 0 Å². The van der Waals surface area contributed by atoms with E-state index >= 15 is 0 Å². The van der Waals surface area contributed by atoms with Crippen LogP contribution in [-0.4, -0.2) is 39.5 Å². The molecule has 1 aromatic carbocycles. The molecule has 0 saturated carbocycles. The second-order valence-electron chi connectivity index (χ2n) is 4.36. The molecular weight excluding hydrogens is 228 g/mol. The normalized spacial score (nSPS) is 10.7. The number of nitrogens with one attached hydrogen (secondary N) is 2. The van der Waals surface area contributed by atoms with Crippen LogP contribution in [-0.2, 0) is 4.74 Å². The van der Waals surface area contributed by atoms with Gasteiger partial charge in [0, 0.05) is 38.5 Å². The van der Waals surface area contributed by atoms with Crippen molar-refractivity contribution in [2.24, 2.45) is 0 Å². The molecule has 0 amide bonds. The van der Waals surface area contributed by atoms with Crippen LogP contribution in [0.15, 0.2) is 24.3 Å². The standard InChI is InChI=1S/C14H24N2O2/c1-12(2)18-14-6-4-5-13(11-14)16-8-7-15-9-10-17-3/h4-6,11-12,15-16H,7-10H2,1-3H3. The highest BCUT2D eigenvalue weighted by Gasteiger charge is 1.98. The Labute approximate surface area is 110 Å². The van der Waals surface area contributed by atoms with E-state index in [2.05, 4.69) is 10.6 Å². The molecule has 0 radical (unpaired) electrons. The average Bonchev–Trinajstić information content (AvgIpc) is 2.33. The highest BCUT2D eigenvalue weighted by Crippen LogP contribution is 2.18. The Hall–Kier alpha value is -1.26. The molecule has 0 aliphatic rings. The Balaban J connectivity index is 2.25. The third-order valence-electron chi connectivity index (χ3n) is 2.32. The van der Waals surface area contributed by atoms with Crippen LogP contribution < -0.4 is 15.4 Å². The van der Waals surface area contributed by atoms with Gasteiger partial charge < -0.3 is 20.1 Å². The van der Waals surface area contributed by atoms with Crippen LogP contribution in [0.4, 0.5) is 5.69 Å². The summed E-state index contributed by atoms with van der Waals surface area (Å²) in [4.78, 5) is 0. The van der Waals surface area contributed by atoms with Gasteiger partial charge in [-0.25, -0.2) is 0 Å². The van der Waals surface area contributed by atoms with Gasteiger partial charge in [-0.05, 0) is 26.0 Å². The number of hydrogen-bond acceptors (Lipinski definition) is 4. The van der Waals surface area contributed by atoms with Gasteiger partial charge in [0.1, 0.15) is 5.75 Å². The molecule has 0 aliphatic heterocycles. The zero-order chi connectivity index (χ0) is 13.2.